The Balaban J connectivity index is 3.72. The van der Waals surface area contributed by atoms with Crippen molar-refractivity contribution in [1.82, 2.24) is 5.32 Å². The van der Waals surface area contributed by atoms with Crippen molar-refractivity contribution in [1.29, 1.82) is 0 Å². The fourth-order valence-corrected chi connectivity index (χ4v) is 6.25. The molecule has 0 aliphatic heterocycles. The zero-order valence-corrected chi connectivity index (χ0v) is 33.0. The van der Waals surface area contributed by atoms with Crippen molar-refractivity contribution in [3.05, 3.63) is 48.6 Å². The third-order valence-corrected chi connectivity index (χ3v) is 9.57. The lowest BCUT2D eigenvalue weighted by Gasteiger charge is -2.20. The molecule has 0 radical (unpaired) electrons. The Morgan fingerprint density at radius 2 is 0.860 bits per heavy atom. The smallest absolute Gasteiger partial charge is 0.222 e. The van der Waals surface area contributed by atoms with Gasteiger partial charge in [-0.1, -0.05) is 178 Å². The minimum Gasteiger partial charge on any atom is -0.394 e. The van der Waals surface area contributed by atoms with Crippen LogP contribution in [-0.2, 0) is 4.79 Å². The van der Waals surface area contributed by atoms with E-state index in [1.165, 1.54) is 122 Å². The van der Waals surface area contributed by atoms with Crippen molar-refractivity contribution in [3.63, 3.8) is 0 Å². The molecule has 0 aromatic carbocycles. The van der Waals surface area contributed by atoms with Gasteiger partial charge in [-0.3, -0.25) is 4.79 Å². The number of aliphatic hydroxyl groups excluding tert-OH is 3. The highest BCUT2D eigenvalue weighted by atomic mass is 16.3. The average molecular weight is 702 g/mol. The second kappa shape index (κ2) is 40.1. The summed E-state index contributed by atoms with van der Waals surface area (Å²) >= 11 is 0. The highest BCUT2D eigenvalue weighted by Crippen LogP contribution is 2.14. The van der Waals surface area contributed by atoms with E-state index in [2.05, 4.69) is 55.6 Å². The normalized spacial score (nSPS) is 14.1. The first-order valence-electron chi connectivity index (χ1n) is 21.4. The summed E-state index contributed by atoms with van der Waals surface area (Å²) in [6, 6.07) is -0.772. The quantitative estimate of drug-likeness (QED) is 0.0381. The highest BCUT2D eigenvalue weighted by molar-refractivity contribution is 5.76. The first-order valence-corrected chi connectivity index (χ1v) is 21.4. The summed E-state index contributed by atoms with van der Waals surface area (Å²) < 4.78 is 0. The molecule has 5 heteroatoms. The predicted molar refractivity (Wildman–Crippen MR) is 217 cm³/mol. The van der Waals surface area contributed by atoms with Crippen molar-refractivity contribution < 1.29 is 20.1 Å². The topological polar surface area (TPSA) is 89.8 Å². The third-order valence-electron chi connectivity index (χ3n) is 9.57. The standard InChI is InChI=1S/C45H83NO4/c1-3-5-7-9-11-13-15-16-17-18-19-20-21-22-23-24-25-26-27-28-29-31-33-35-37-39-44(49)43(41-47)46-45(50)40-42(48)38-36-34-32-30-14-12-10-8-6-4-2/h12,14,25-26,29,31,37,39,42-44,47-49H,3-11,13,15-24,27-28,30,32-36,38,40-41H2,1-2H3,(H,46,50)/b14-12-,26-25+,31-29+,39-37+. The molecule has 0 fully saturated rings. The molecule has 3 unspecified atom stereocenters. The van der Waals surface area contributed by atoms with E-state index in [1.54, 1.807) is 6.08 Å². The molecule has 0 saturated heterocycles. The molecule has 0 heterocycles. The van der Waals surface area contributed by atoms with Gasteiger partial charge in [-0.15, -0.1) is 0 Å². The number of amides is 1. The van der Waals surface area contributed by atoms with Crippen molar-refractivity contribution in [2.45, 2.75) is 225 Å². The van der Waals surface area contributed by atoms with Gasteiger partial charge in [0.2, 0.25) is 5.91 Å². The van der Waals surface area contributed by atoms with Crippen LogP contribution in [0, 0.1) is 0 Å². The molecular formula is C45H83NO4. The maximum Gasteiger partial charge on any atom is 0.222 e. The Labute approximate surface area is 310 Å². The summed E-state index contributed by atoms with van der Waals surface area (Å²) in [7, 11) is 0. The number of aliphatic hydroxyl groups is 3. The number of nitrogens with one attached hydrogen (secondary N) is 1. The van der Waals surface area contributed by atoms with Crippen LogP contribution in [0.5, 0.6) is 0 Å². The maximum atomic E-state index is 12.4. The second-order valence-electron chi connectivity index (χ2n) is 14.6. The first-order chi connectivity index (χ1) is 24.5. The fourth-order valence-electron chi connectivity index (χ4n) is 6.25. The SMILES string of the molecule is CCCCC/C=C\CCCCCC(O)CC(=O)NC(CO)C(O)/C=C/CC/C=C/CC/C=C/CCCCCCCCCCCCCCCCC. The van der Waals surface area contributed by atoms with Crippen LogP contribution in [0.3, 0.4) is 0 Å². The number of rotatable bonds is 38. The van der Waals surface area contributed by atoms with Crippen LogP contribution in [0.15, 0.2) is 48.6 Å². The predicted octanol–water partition coefficient (Wildman–Crippen LogP) is 12.2. The Bertz CT molecular complexity index is 820. The lowest BCUT2D eigenvalue weighted by Crippen LogP contribution is -2.45. The summed E-state index contributed by atoms with van der Waals surface area (Å²) in [5, 5.41) is 33.0. The fraction of sp³-hybridized carbons (Fsp3) is 0.800. The molecule has 4 N–H and O–H groups in total. The average Bonchev–Trinajstić information content (AvgIpc) is 3.11. The van der Waals surface area contributed by atoms with Crippen LogP contribution < -0.4 is 5.32 Å². The summed E-state index contributed by atoms with van der Waals surface area (Å²) in [6.07, 6.45) is 51.2. The number of allylic oxidation sites excluding steroid dienone is 7. The molecule has 0 saturated carbocycles. The largest absolute Gasteiger partial charge is 0.394 e. The molecule has 1 amide bonds. The van der Waals surface area contributed by atoms with E-state index in [-0.39, 0.29) is 18.9 Å². The van der Waals surface area contributed by atoms with E-state index < -0.39 is 18.2 Å². The molecule has 3 atom stereocenters. The molecule has 0 aromatic rings. The minimum atomic E-state index is -0.963. The summed E-state index contributed by atoms with van der Waals surface area (Å²) in [6.45, 7) is 4.15. The van der Waals surface area contributed by atoms with E-state index in [0.29, 0.717) is 6.42 Å². The maximum absolute atomic E-state index is 12.4. The van der Waals surface area contributed by atoms with Crippen LogP contribution >= 0.6 is 0 Å². The molecule has 292 valence electrons. The molecule has 50 heavy (non-hydrogen) atoms. The van der Waals surface area contributed by atoms with Gasteiger partial charge in [-0.25, -0.2) is 0 Å². The third kappa shape index (κ3) is 36.1. The monoisotopic (exact) mass is 702 g/mol. The Kier molecular flexibility index (Phi) is 38.7. The van der Waals surface area contributed by atoms with Crippen molar-refractivity contribution in [2.24, 2.45) is 0 Å². The van der Waals surface area contributed by atoms with E-state index in [1.807, 2.05) is 6.08 Å². The molecule has 0 rings (SSSR count). The summed E-state index contributed by atoms with van der Waals surface area (Å²) in [4.78, 5) is 12.4. The van der Waals surface area contributed by atoms with Crippen LogP contribution in [0.4, 0.5) is 0 Å². The lowest BCUT2D eigenvalue weighted by atomic mass is 10.0. The van der Waals surface area contributed by atoms with Crippen molar-refractivity contribution in [3.8, 4) is 0 Å². The molecule has 0 aliphatic rings. The van der Waals surface area contributed by atoms with Gasteiger partial charge < -0.3 is 20.6 Å². The highest BCUT2D eigenvalue weighted by Gasteiger charge is 2.20. The Hall–Kier alpha value is -1.69. The van der Waals surface area contributed by atoms with E-state index in [4.69, 9.17) is 0 Å². The number of hydrogen-bond donors (Lipinski definition) is 4. The molecule has 0 aromatic heterocycles. The lowest BCUT2D eigenvalue weighted by molar-refractivity contribution is -0.124. The molecule has 0 spiro atoms. The number of carbonyl (C=O) groups excluding carboxylic acids is 1. The van der Waals surface area contributed by atoms with E-state index >= 15 is 0 Å². The molecule has 0 aliphatic carbocycles. The van der Waals surface area contributed by atoms with Crippen molar-refractivity contribution >= 4 is 5.91 Å². The minimum absolute atomic E-state index is 0.0102. The van der Waals surface area contributed by atoms with E-state index in [9.17, 15) is 20.1 Å². The molecule has 0 bridgehead atoms. The van der Waals surface area contributed by atoms with Crippen molar-refractivity contribution in [2.75, 3.05) is 6.61 Å². The van der Waals surface area contributed by atoms with Gasteiger partial charge in [-0.05, 0) is 70.6 Å². The van der Waals surface area contributed by atoms with Gasteiger partial charge in [0.15, 0.2) is 0 Å². The second-order valence-corrected chi connectivity index (χ2v) is 14.6. The van der Waals surface area contributed by atoms with Crippen LogP contribution in [0.2, 0.25) is 0 Å². The van der Waals surface area contributed by atoms with Gasteiger partial charge in [0, 0.05) is 0 Å². The van der Waals surface area contributed by atoms with Gasteiger partial charge in [0.1, 0.15) is 0 Å². The molecular weight excluding hydrogens is 618 g/mol. The molecule has 5 nitrogen and oxygen atoms in total. The Morgan fingerprint density at radius 1 is 0.500 bits per heavy atom. The first kappa shape index (κ1) is 48.3. The van der Waals surface area contributed by atoms with Gasteiger partial charge >= 0.3 is 0 Å². The van der Waals surface area contributed by atoms with Crippen LogP contribution in [-0.4, -0.2) is 46.1 Å². The number of carbonyl (C=O) groups is 1. The van der Waals surface area contributed by atoms with Crippen LogP contribution in [0.1, 0.15) is 206 Å². The number of hydrogen-bond acceptors (Lipinski definition) is 4. The zero-order valence-electron chi connectivity index (χ0n) is 33.0. The van der Waals surface area contributed by atoms with Gasteiger partial charge in [0.25, 0.3) is 0 Å². The van der Waals surface area contributed by atoms with Crippen LogP contribution in [0.25, 0.3) is 0 Å². The number of unbranched alkanes of at least 4 members (excludes halogenated alkanes) is 23. The summed E-state index contributed by atoms with van der Waals surface area (Å²) in [5.41, 5.74) is 0. The van der Waals surface area contributed by atoms with Gasteiger partial charge in [-0.2, -0.15) is 0 Å². The summed E-state index contributed by atoms with van der Waals surface area (Å²) in [5.74, 6) is -0.342. The van der Waals surface area contributed by atoms with E-state index in [0.717, 1.165) is 57.8 Å². The van der Waals surface area contributed by atoms with Gasteiger partial charge in [0.05, 0.1) is 31.3 Å². The Morgan fingerprint density at radius 3 is 1.32 bits per heavy atom. The zero-order chi connectivity index (χ0) is 36.6.